The van der Waals surface area contributed by atoms with Crippen LogP contribution in [0.1, 0.15) is 26.7 Å². The van der Waals surface area contributed by atoms with Crippen LogP contribution in [0.25, 0.3) is 0 Å². The molecule has 0 fully saturated rings. The fourth-order valence-electron chi connectivity index (χ4n) is 1.11. The van der Waals surface area contributed by atoms with Crippen LogP contribution in [0.15, 0.2) is 5.16 Å². The highest BCUT2D eigenvalue weighted by Gasteiger charge is 2.44. The molecule has 0 aromatic rings. The number of ether oxygens (including phenoxy) is 1. The van der Waals surface area contributed by atoms with E-state index in [1.165, 1.54) is 6.92 Å². The first-order valence-electron chi connectivity index (χ1n) is 4.92. The van der Waals surface area contributed by atoms with E-state index in [2.05, 4.69) is 5.16 Å². The highest BCUT2D eigenvalue weighted by Crippen LogP contribution is 2.25. The van der Waals surface area contributed by atoms with E-state index in [4.69, 9.17) is 21.5 Å². The number of oxime groups is 1. The molecule has 17 heavy (non-hydrogen) atoms. The van der Waals surface area contributed by atoms with Gasteiger partial charge in [-0.25, -0.2) is 8.42 Å². The van der Waals surface area contributed by atoms with Gasteiger partial charge in [0, 0.05) is 12.7 Å². The molecule has 0 amide bonds. The number of sulfone groups is 1. The maximum Gasteiger partial charge on any atom is 0.327 e. The molecule has 0 radical (unpaired) electrons. The van der Waals surface area contributed by atoms with Gasteiger partial charge >= 0.3 is 5.97 Å². The van der Waals surface area contributed by atoms with Crippen molar-refractivity contribution in [3.8, 4) is 0 Å². The Hall–Kier alpha value is -0.820. The highest BCUT2D eigenvalue weighted by atomic mass is 35.5. The molecule has 0 saturated heterocycles. The molecule has 0 rings (SSSR count). The number of esters is 1. The Bertz CT molecular complexity index is 406. The minimum Gasteiger partial charge on any atom is -0.465 e. The van der Waals surface area contributed by atoms with E-state index in [1.807, 2.05) is 0 Å². The molecule has 0 aromatic carbocycles. The molecule has 0 aliphatic heterocycles. The first-order chi connectivity index (χ1) is 7.69. The second-order valence-electron chi connectivity index (χ2n) is 3.70. The van der Waals surface area contributed by atoms with Crippen LogP contribution in [-0.4, -0.2) is 42.4 Å². The van der Waals surface area contributed by atoms with Crippen molar-refractivity contribution in [2.24, 2.45) is 5.16 Å². The van der Waals surface area contributed by atoms with Gasteiger partial charge in [0.15, 0.2) is 14.6 Å². The monoisotopic (exact) mass is 285 g/mol. The Balaban J connectivity index is 5.07. The predicted octanol–water partition coefficient (Wildman–Crippen LogP) is 1.16. The zero-order valence-electron chi connectivity index (χ0n) is 9.93. The SMILES string of the molecule is CCOC(=O)[C@@](C)(CC/C(Cl)=N\O)S(C)(=O)=O. The topological polar surface area (TPSA) is 93.0 Å². The molecule has 100 valence electrons. The fraction of sp³-hybridized carbons (Fsp3) is 0.778. The Morgan fingerprint density at radius 2 is 2.06 bits per heavy atom. The number of hydrogen-bond acceptors (Lipinski definition) is 6. The molecule has 8 heteroatoms. The zero-order chi connectivity index (χ0) is 13.7. The van der Waals surface area contributed by atoms with E-state index in [-0.39, 0.29) is 24.6 Å². The van der Waals surface area contributed by atoms with Gasteiger partial charge in [-0.05, 0) is 20.3 Å². The van der Waals surface area contributed by atoms with Crippen LogP contribution in [0, 0.1) is 0 Å². The molecule has 0 aromatic heterocycles. The van der Waals surface area contributed by atoms with Crippen LogP contribution < -0.4 is 0 Å². The lowest BCUT2D eigenvalue weighted by atomic mass is 10.1. The minimum atomic E-state index is -3.66. The summed E-state index contributed by atoms with van der Waals surface area (Å²) in [6.07, 6.45) is 0.821. The summed E-state index contributed by atoms with van der Waals surface area (Å²) in [6.45, 7) is 2.94. The molecule has 0 spiro atoms. The van der Waals surface area contributed by atoms with Gasteiger partial charge in [0.05, 0.1) is 6.61 Å². The number of nitrogens with zero attached hydrogens (tertiary/aromatic N) is 1. The molecule has 0 heterocycles. The molecule has 6 nitrogen and oxygen atoms in total. The van der Waals surface area contributed by atoms with Crippen LogP contribution in [0.5, 0.6) is 0 Å². The summed E-state index contributed by atoms with van der Waals surface area (Å²) in [4.78, 5) is 11.7. The van der Waals surface area contributed by atoms with Gasteiger partial charge in [-0.3, -0.25) is 4.79 Å². The van der Waals surface area contributed by atoms with Gasteiger partial charge in [-0.15, -0.1) is 0 Å². The van der Waals surface area contributed by atoms with Gasteiger partial charge in [-0.2, -0.15) is 0 Å². The first-order valence-corrected chi connectivity index (χ1v) is 7.19. The van der Waals surface area contributed by atoms with E-state index >= 15 is 0 Å². The Kier molecular flexibility index (Phi) is 5.91. The summed E-state index contributed by atoms with van der Waals surface area (Å²) in [5.41, 5.74) is 0. The molecule has 0 bridgehead atoms. The van der Waals surface area contributed by atoms with Gasteiger partial charge in [0.2, 0.25) is 0 Å². The molecule has 0 unspecified atom stereocenters. The Morgan fingerprint density at radius 3 is 2.41 bits per heavy atom. The van der Waals surface area contributed by atoms with Crippen molar-refractivity contribution in [3.63, 3.8) is 0 Å². The van der Waals surface area contributed by atoms with Gasteiger partial charge < -0.3 is 9.94 Å². The Labute approximate surface area is 106 Å². The maximum absolute atomic E-state index is 11.7. The largest absolute Gasteiger partial charge is 0.465 e. The normalized spacial score (nSPS) is 16.4. The first kappa shape index (κ1) is 16.2. The predicted molar refractivity (Wildman–Crippen MR) is 64.2 cm³/mol. The van der Waals surface area contributed by atoms with Crippen LogP contribution in [0.2, 0.25) is 0 Å². The van der Waals surface area contributed by atoms with Crippen molar-refractivity contribution in [2.75, 3.05) is 12.9 Å². The number of rotatable bonds is 6. The standard InChI is InChI=1S/C9H16ClNO5S/c1-4-16-8(12)9(2,17(3,14)15)6-5-7(10)11-13/h13H,4-6H2,1-3H3/b11-7+/t9-/m1/s1. The fourth-order valence-corrected chi connectivity index (χ4v) is 2.04. The van der Waals surface area contributed by atoms with Crippen molar-refractivity contribution in [1.82, 2.24) is 0 Å². The summed E-state index contributed by atoms with van der Waals surface area (Å²) in [7, 11) is -3.66. The van der Waals surface area contributed by atoms with Crippen LogP contribution in [0.4, 0.5) is 0 Å². The van der Waals surface area contributed by atoms with Crippen molar-refractivity contribution in [1.29, 1.82) is 0 Å². The van der Waals surface area contributed by atoms with E-state index < -0.39 is 20.6 Å². The average molecular weight is 286 g/mol. The molecule has 1 N–H and O–H groups in total. The van der Waals surface area contributed by atoms with E-state index in [0.29, 0.717) is 0 Å². The van der Waals surface area contributed by atoms with Crippen molar-refractivity contribution in [3.05, 3.63) is 0 Å². The van der Waals surface area contributed by atoms with Crippen molar-refractivity contribution in [2.45, 2.75) is 31.4 Å². The lowest BCUT2D eigenvalue weighted by Crippen LogP contribution is -2.44. The lowest BCUT2D eigenvalue weighted by Gasteiger charge is -2.24. The average Bonchev–Trinajstić information content (AvgIpc) is 2.23. The van der Waals surface area contributed by atoms with Crippen LogP contribution in [0.3, 0.4) is 0 Å². The van der Waals surface area contributed by atoms with Crippen LogP contribution >= 0.6 is 11.6 Å². The number of hydrogen-bond donors (Lipinski definition) is 1. The summed E-state index contributed by atoms with van der Waals surface area (Å²) in [5.74, 6) is -0.829. The molecule has 0 aliphatic carbocycles. The third-order valence-electron chi connectivity index (χ3n) is 2.44. The third kappa shape index (κ3) is 4.16. The smallest absolute Gasteiger partial charge is 0.327 e. The number of carbonyl (C=O) groups is 1. The maximum atomic E-state index is 11.7. The second kappa shape index (κ2) is 6.20. The molecule has 1 atom stereocenters. The third-order valence-corrected chi connectivity index (χ3v) is 4.71. The Morgan fingerprint density at radius 1 is 1.53 bits per heavy atom. The van der Waals surface area contributed by atoms with E-state index in [9.17, 15) is 13.2 Å². The summed E-state index contributed by atoms with van der Waals surface area (Å²) in [6, 6.07) is 0. The minimum absolute atomic E-state index is 0.0273. The summed E-state index contributed by atoms with van der Waals surface area (Å²) >= 11 is 5.46. The highest BCUT2D eigenvalue weighted by molar-refractivity contribution is 7.92. The molecular weight excluding hydrogens is 270 g/mol. The zero-order valence-corrected chi connectivity index (χ0v) is 11.5. The number of carbonyl (C=O) groups excluding carboxylic acids is 1. The van der Waals surface area contributed by atoms with Crippen molar-refractivity contribution < 1.29 is 23.2 Å². The van der Waals surface area contributed by atoms with Gasteiger partial charge in [0.25, 0.3) is 0 Å². The molecular formula is C9H16ClNO5S. The lowest BCUT2D eigenvalue weighted by molar-refractivity contribution is -0.145. The van der Waals surface area contributed by atoms with Crippen LogP contribution in [-0.2, 0) is 19.4 Å². The molecule has 0 aliphatic rings. The van der Waals surface area contributed by atoms with E-state index in [0.717, 1.165) is 6.26 Å². The quantitative estimate of drug-likeness (QED) is 0.342. The van der Waals surface area contributed by atoms with Gasteiger partial charge in [0.1, 0.15) is 5.17 Å². The van der Waals surface area contributed by atoms with E-state index in [1.54, 1.807) is 6.92 Å². The number of halogens is 1. The summed E-state index contributed by atoms with van der Waals surface area (Å²) < 4.78 is 26.3. The second-order valence-corrected chi connectivity index (χ2v) is 6.58. The summed E-state index contributed by atoms with van der Waals surface area (Å²) in [5, 5.41) is 10.9. The van der Waals surface area contributed by atoms with Gasteiger partial charge in [-0.1, -0.05) is 16.8 Å². The molecule has 0 saturated carbocycles. The van der Waals surface area contributed by atoms with Crippen molar-refractivity contribution >= 4 is 32.6 Å².